The van der Waals surface area contributed by atoms with Crippen molar-refractivity contribution >= 4 is 35.3 Å². The maximum absolute atomic E-state index is 11.6. The van der Waals surface area contributed by atoms with Gasteiger partial charge in [0.15, 0.2) is 5.16 Å². The highest BCUT2D eigenvalue weighted by molar-refractivity contribution is 8.00. The van der Waals surface area contributed by atoms with Crippen LogP contribution in [0, 0.1) is 0 Å². The maximum Gasteiger partial charge on any atom is 0.316 e. The third-order valence-electron chi connectivity index (χ3n) is 1.88. The van der Waals surface area contributed by atoms with Crippen molar-refractivity contribution in [3.05, 3.63) is 6.07 Å². The minimum atomic E-state index is -0.454. The van der Waals surface area contributed by atoms with E-state index in [1.807, 2.05) is 33.1 Å². The Hall–Kier alpha value is -0.950. The summed E-state index contributed by atoms with van der Waals surface area (Å²) in [4.78, 5) is 20.2. The van der Waals surface area contributed by atoms with Gasteiger partial charge in [-0.05, 0) is 27.0 Å². The van der Waals surface area contributed by atoms with Crippen molar-refractivity contribution in [1.82, 2.24) is 9.97 Å². The van der Waals surface area contributed by atoms with Crippen LogP contribution in [-0.4, -0.2) is 40.6 Å². The van der Waals surface area contributed by atoms with Crippen LogP contribution < -0.4 is 5.32 Å². The zero-order valence-electron chi connectivity index (χ0n) is 11.8. The molecule has 19 heavy (non-hydrogen) atoms. The Morgan fingerprint density at radius 3 is 2.63 bits per heavy atom. The van der Waals surface area contributed by atoms with Crippen LogP contribution in [0.5, 0.6) is 0 Å². The number of nitrogens with one attached hydrogen (secondary N) is 1. The van der Waals surface area contributed by atoms with Gasteiger partial charge in [0.25, 0.3) is 0 Å². The van der Waals surface area contributed by atoms with Crippen LogP contribution in [0.25, 0.3) is 0 Å². The van der Waals surface area contributed by atoms with Crippen LogP contribution in [-0.2, 0) is 9.53 Å². The van der Waals surface area contributed by atoms with Crippen molar-refractivity contribution in [3.8, 4) is 0 Å². The van der Waals surface area contributed by atoms with Gasteiger partial charge in [-0.1, -0.05) is 23.5 Å². The molecular formula is C12H19N3O2S2. The molecule has 1 heterocycles. The summed E-state index contributed by atoms with van der Waals surface area (Å²) in [5.74, 6) is 0.740. The number of hydrogen-bond donors (Lipinski definition) is 1. The zero-order chi connectivity index (χ0) is 14.5. The number of esters is 1. The van der Waals surface area contributed by atoms with Crippen LogP contribution in [0.1, 0.15) is 20.8 Å². The molecule has 0 spiro atoms. The summed E-state index contributed by atoms with van der Waals surface area (Å²) in [5, 5.41) is 4.41. The van der Waals surface area contributed by atoms with Crippen molar-refractivity contribution in [2.24, 2.45) is 0 Å². The largest absolute Gasteiger partial charge is 0.459 e. The van der Waals surface area contributed by atoms with Crippen LogP contribution in [0.3, 0.4) is 0 Å². The molecule has 0 radical (unpaired) electrons. The topological polar surface area (TPSA) is 64.1 Å². The molecule has 7 heteroatoms. The number of hydrogen-bond acceptors (Lipinski definition) is 7. The number of nitrogens with zero attached hydrogens (tertiary/aromatic N) is 2. The smallest absolute Gasteiger partial charge is 0.316 e. The minimum Gasteiger partial charge on any atom is -0.459 e. The quantitative estimate of drug-likeness (QED) is 0.388. The number of anilines is 1. The summed E-state index contributed by atoms with van der Waals surface area (Å²) >= 11 is 2.81. The Morgan fingerprint density at radius 2 is 2.11 bits per heavy atom. The SMILES string of the molecule is CNc1cc(SCC(=O)OC(C)(C)C)nc(SC)n1. The number of carbonyl (C=O) groups is 1. The van der Waals surface area contributed by atoms with E-state index >= 15 is 0 Å². The van der Waals surface area contributed by atoms with Gasteiger partial charge in [0.2, 0.25) is 0 Å². The first-order valence-corrected chi connectivity index (χ1v) is 8.00. The first-order chi connectivity index (χ1) is 8.84. The number of carbonyl (C=O) groups excluding carboxylic acids is 1. The molecular weight excluding hydrogens is 282 g/mol. The Bertz CT molecular complexity index is 425. The molecule has 0 aliphatic heterocycles. The van der Waals surface area contributed by atoms with Crippen molar-refractivity contribution in [2.45, 2.75) is 36.6 Å². The maximum atomic E-state index is 11.6. The highest BCUT2D eigenvalue weighted by Crippen LogP contribution is 2.22. The molecule has 106 valence electrons. The number of rotatable bonds is 5. The fourth-order valence-electron chi connectivity index (χ4n) is 1.20. The molecule has 5 nitrogen and oxygen atoms in total. The van der Waals surface area contributed by atoms with Gasteiger partial charge >= 0.3 is 5.97 Å². The molecule has 0 saturated carbocycles. The predicted octanol–water partition coefficient (Wildman–Crippen LogP) is 2.67. The Labute approximate surface area is 122 Å². The second-order valence-corrected chi connectivity index (χ2v) is 6.47. The molecule has 1 aromatic heterocycles. The lowest BCUT2D eigenvalue weighted by Gasteiger charge is -2.19. The lowest BCUT2D eigenvalue weighted by Crippen LogP contribution is -2.24. The molecule has 0 aliphatic rings. The molecule has 0 saturated heterocycles. The van der Waals surface area contributed by atoms with E-state index in [-0.39, 0.29) is 11.7 Å². The van der Waals surface area contributed by atoms with Gasteiger partial charge in [0.1, 0.15) is 16.4 Å². The summed E-state index contributed by atoms with van der Waals surface area (Å²) < 4.78 is 5.25. The fourth-order valence-corrected chi connectivity index (χ4v) is 2.31. The van der Waals surface area contributed by atoms with Crippen molar-refractivity contribution in [3.63, 3.8) is 0 Å². The summed E-state index contributed by atoms with van der Waals surface area (Å²) in [6.45, 7) is 5.56. The van der Waals surface area contributed by atoms with E-state index in [2.05, 4.69) is 15.3 Å². The van der Waals surface area contributed by atoms with Crippen LogP contribution in [0.2, 0.25) is 0 Å². The summed E-state index contributed by atoms with van der Waals surface area (Å²) in [7, 11) is 1.80. The van der Waals surface area contributed by atoms with Gasteiger partial charge in [-0.2, -0.15) is 0 Å². The second kappa shape index (κ2) is 7.00. The van der Waals surface area contributed by atoms with Gasteiger partial charge in [0, 0.05) is 13.1 Å². The van der Waals surface area contributed by atoms with Crippen molar-refractivity contribution < 1.29 is 9.53 Å². The summed E-state index contributed by atoms with van der Waals surface area (Å²) in [6.07, 6.45) is 1.91. The monoisotopic (exact) mass is 301 g/mol. The van der Waals surface area contributed by atoms with E-state index in [1.165, 1.54) is 23.5 Å². The van der Waals surface area contributed by atoms with E-state index in [0.29, 0.717) is 5.16 Å². The van der Waals surface area contributed by atoms with Gasteiger partial charge in [-0.3, -0.25) is 4.79 Å². The normalized spacial score (nSPS) is 11.2. The lowest BCUT2D eigenvalue weighted by atomic mass is 10.2. The van der Waals surface area contributed by atoms with E-state index in [4.69, 9.17) is 4.74 Å². The average Bonchev–Trinajstić information content (AvgIpc) is 2.33. The molecule has 0 bridgehead atoms. The van der Waals surface area contributed by atoms with Crippen LogP contribution in [0.4, 0.5) is 5.82 Å². The molecule has 0 aromatic carbocycles. The average molecular weight is 301 g/mol. The van der Waals surface area contributed by atoms with E-state index in [1.54, 1.807) is 7.05 Å². The van der Waals surface area contributed by atoms with Gasteiger partial charge in [-0.25, -0.2) is 9.97 Å². The van der Waals surface area contributed by atoms with E-state index in [9.17, 15) is 4.79 Å². The molecule has 0 fully saturated rings. The number of aromatic nitrogens is 2. The first-order valence-electron chi connectivity index (χ1n) is 5.79. The summed E-state index contributed by atoms with van der Waals surface area (Å²) in [6, 6.07) is 1.81. The Kier molecular flexibility index (Phi) is 5.93. The summed E-state index contributed by atoms with van der Waals surface area (Å²) in [5.41, 5.74) is -0.454. The molecule has 0 aliphatic carbocycles. The molecule has 0 atom stereocenters. The minimum absolute atomic E-state index is 0.241. The van der Waals surface area contributed by atoms with Gasteiger partial charge < -0.3 is 10.1 Å². The molecule has 1 N–H and O–H groups in total. The van der Waals surface area contributed by atoms with Crippen molar-refractivity contribution in [2.75, 3.05) is 24.4 Å². The number of thioether (sulfide) groups is 2. The Balaban J connectivity index is 2.64. The Morgan fingerprint density at radius 1 is 1.42 bits per heavy atom. The predicted molar refractivity (Wildman–Crippen MR) is 79.9 cm³/mol. The third kappa shape index (κ3) is 6.15. The van der Waals surface area contributed by atoms with Gasteiger partial charge in [-0.15, -0.1) is 0 Å². The highest BCUT2D eigenvalue weighted by atomic mass is 32.2. The van der Waals surface area contributed by atoms with E-state index in [0.717, 1.165) is 10.8 Å². The zero-order valence-corrected chi connectivity index (χ0v) is 13.4. The molecule has 0 unspecified atom stereocenters. The standard InChI is InChI=1S/C12H19N3O2S2/c1-12(2,3)17-10(16)7-19-9-6-8(13-4)14-11(15-9)18-5/h6H,7H2,1-5H3,(H,13,14,15). The first kappa shape index (κ1) is 16.1. The van der Waals surface area contributed by atoms with Crippen LogP contribution in [0.15, 0.2) is 16.2 Å². The van der Waals surface area contributed by atoms with E-state index < -0.39 is 5.60 Å². The highest BCUT2D eigenvalue weighted by Gasteiger charge is 2.16. The second-order valence-electron chi connectivity index (χ2n) is 4.70. The van der Waals surface area contributed by atoms with Crippen LogP contribution >= 0.6 is 23.5 Å². The van der Waals surface area contributed by atoms with Crippen molar-refractivity contribution in [1.29, 1.82) is 0 Å². The van der Waals surface area contributed by atoms with Gasteiger partial charge in [0.05, 0.1) is 5.75 Å². The third-order valence-corrected chi connectivity index (χ3v) is 3.31. The number of ether oxygens (including phenoxy) is 1. The fraction of sp³-hybridized carbons (Fsp3) is 0.583. The molecule has 1 rings (SSSR count). The molecule has 1 aromatic rings. The molecule has 0 amide bonds. The lowest BCUT2D eigenvalue weighted by molar-refractivity contribution is -0.151.